The zero-order valence-corrected chi connectivity index (χ0v) is 8.69. The summed E-state index contributed by atoms with van der Waals surface area (Å²) in [7, 11) is 0. The lowest BCUT2D eigenvalue weighted by Gasteiger charge is -2.00. The summed E-state index contributed by atoms with van der Waals surface area (Å²) in [5, 5.41) is 19.6. The van der Waals surface area contributed by atoms with E-state index in [1.54, 1.807) is 17.1 Å². The minimum atomic E-state index is 0.0619. The molecule has 1 heterocycles. The fourth-order valence-corrected chi connectivity index (χ4v) is 1.36. The third-order valence-electron chi connectivity index (χ3n) is 2.13. The standard InChI is InChI=1S/C11H12N4O/c16-7-1-2-10-3-5-11(6-4-10)8-15-9-12-13-14-15/h1-6,9,16H,7-8H2. The van der Waals surface area contributed by atoms with E-state index in [-0.39, 0.29) is 6.61 Å². The second kappa shape index (κ2) is 5.18. The van der Waals surface area contributed by atoms with E-state index in [1.807, 2.05) is 30.3 Å². The SMILES string of the molecule is OCC=Cc1ccc(Cn2cnnn2)cc1. The summed E-state index contributed by atoms with van der Waals surface area (Å²) in [6.07, 6.45) is 5.16. The molecule has 0 fully saturated rings. The normalized spacial score (nSPS) is 11.1. The molecule has 0 unspecified atom stereocenters. The quantitative estimate of drug-likeness (QED) is 0.818. The summed E-state index contributed by atoms with van der Waals surface area (Å²) in [4.78, 5) is 0. The van der Waals surface area contributed by atoms with Gasteiger partial charge in [-0.2, -0.15) is 0 Å². The van der Waals surface area contributed by atoms with Crippen molar-refractivity contribution in [3.05, 3.63) is 47.8 Å². The number of hydrogen-bond acceptors (Lipinski definition) is 4. The van der Waals surface area contributed by atoms with Crippen LogP contribution in [-0.4, -0.2) is 31.9 Å². The molecule has 0 aliphatic heterocycles. The van der Waals surface area contributed by atoms with Crippen LogP contribution in [0.15, 0.2) is 36.7 Å². The molecule has 0 atom stereocenters. The Kier molecular flexibility index (Phi) is 3.40. The van der Waals surface area contributed by atoms with Crippen LogP contribution in [0.1, 0.15) is 11.1 Å². The average Bonchev–Trinajstić information content (AvgIpc) is 2.81. The third kappa shape index (κ3) is 2.74. The van der Waals surface area contributed by atoms with Crippen LogP contribution in [0.4, 0.5) is 0 Å². The molecule has 0 bridgehead atoms. The fraction of sp³-hybridized carbons (Fsp3) is 0.182. The fourth-order valence-electron chi connectivity index (χ4n) is 1.36. The highest BCUT2D eigenvalue weighted by atomic mass is 16.2. The zero-order valence-electron chi connectivity index (χ0n) is 8.69. The summed E-state index contributed by atoms with van der Waals surface area (Å²) >= 11 is 0. The molecule has 0 radical (unpaired) electrons. The zero-order chi connectivity index (χ0) is 11.2. The molecule has 5 heteroatoms. The van der Waals surface area contributed by atoms with Crippen LogP contribution in [0, 0.1) is 0 Å². The molecular weight excluding hydrogens is 204 g/mol. The molecule has 5 nitrogen and oxygen atoms in total. The number of benzene rings is 1. The molecule has 0 saturated carbocycles. The van der Waals surface area contributed by atoms with Crippen molar-refractivity contribution < 1.29 is 5.11 Å². The van der Waals surface area contributed by atoms with Gasteiger partial charge in [-0.1, -0.05) is 36.4 Å². The van der Waals surface area contributed by atoms with Gasteiger partial charge in [0.15, 0.2) is 0 Å². The van der Waals surface area contributed by atoms with E-state index in [9.17, 15) is 0 Å². The van der Waals surface area contributed by atoms with Crippen LogP contribution in [-0.2, 0) is 6.54 Å². The number of aliphatic hydroxyl groups is 1. The Morgan fingerprint density at radius 1 is 1.25 bits per heavy atom. The first-order chi connectivity index (χ1) is 7.88. The Morgan fingerprint density at radius 2 is 2.06 bits per heavy atom. The van der Waals surface area contributed by atoms with Gasteiger partial charge in [-0.05, 0) is 21.6 Å². The second-order valence-electron chi connectivity index (χ2n) is 3.33. The molecule has 2 aromatic rings. The lowest BCUT2D eigenvalue weighted by Crippen LogP contribution is -2.00. The minimum Gasteiger partial charge on any atom is -0.392 e. The number of rotatable bonds is 4. The molecule has 16 heavy (non-hydrogen) atoms. The first kappa shape index (κ1) is 10.5. The lowest BCUT2D eigenvalue weighted by atomic mass is 10.1. The Morgan fingerprint density at radius 3 is 2.69 bits per heavy atom. The van der Waals surface area contributed by atoms with Crippen molar-refractivity contribution in [3.8, 4) is 0 Å². The molecule has 0 spiro atoms. The highest BCUT2D eigenvalue weighted by Gasteiger charge is 1.95. The van der Waals surface area contributed by atoms with Crippen LogP contribution in [0.5, 0.6) is 0 Å². The number of aromatic nitrogens is 4. The van der Waals surface area contributed by atoms with Gasteiger partial charge >= 0.3 is 0 Å². The molecule has 1 aromatic carbocycles. The van der Waals surface area contributed by atoms with E-state index >= 15 is 0 Å². The van der Waals surface area contributed by atoms with E-state index in [2.05, 4.69) is 15.5 Å². The lowest BCUT2D eigenvalue weighted by molar-refractivity contribution is 0.343. The number of nitrogens with zero attached hydrogens (tertiary/aromatic N) is 4. The summed E-state index contributed by atoms with van der Waals surface area (Å²) in [6.45, 7) is 0.726. The third-order valence-corrected chi connectivity index (χ3v) is 2.13. The summed E-state index contributed by atoms with van der Waals surface area (Å²) < 4.78 is 1.67. The summed E-state index contributed by atoms with van der Waals surface area (Å²) in [5.74, 6) is 0. The first-order valence-corrected chi connectivity index (χ1v) is 4.95. The molecule has 0 aliphatic carbocycles. The van der Waals surface area contributed by atoms with Gasteiger partial charge < -0.3 is 5.11 Å². The van der Waals surface area contributed by atoms with Gasteiger partial charge in [0.05, 0.1) is 13.2 Å². The predicted molar refractivity (Wildman–Crippen MR) is 59.5 cm³/mol. The van der Waals surface area contributed by atoms with Gasteiger partial charge in [0, 0.05) is 0 Å². The average molecular weight is 216 g/mol. The molecule has 0 saturated heterocycles. The number of hydrogen-bond donors (Lipinski definition) is 1. The summed E-state index contributed by atoms with van der Waals surface area (Å²) in [5.41, 5.74) is 2.20. The smallest absolute Gasteiger partial charge is 0.138 e. The van der Waals surface area contributed by atoms with Gasteiger partial charge in [0.25, 0.3) is 0 Å². The van der Waals surface area contributed by atoms with Crippen LogP contribution in [0.25, 0.3) is 6.08 Å². The van der Waals surface area contributed by atoms with Crippen molar-refractivity contribution in [1.29, 1.82) is 0 Å². The van der Waals surface area contributed by atoms with Crippen molar-refractivity contribution in [3.63, 3.8) is 0 Å². The molecule has 0 amide bonds. The van der Waals surface area contributed by atoms with E-state index in [1.165, 1.54) is 0 Å². The monoisotopic (exact) mass is 216 g/mol. The van der Waals surface area contributed by atoms with Crippen LogP contribution in [0.3, 0.4) is 0 Å². The molecular formula is C11H12N4O. The van der Waals surface area contributed by atoms with Crippen molar-refractivity contribution in [2.45, 2.75) is 6.54 Å². The van der Waals surface area contributed by atoms with Gasteiger partial charge in [0.1, 0.15) is 6.33 Å². The first-order valence-electron chi connectivity index (χ1n) is 4.95. The maximum absolute atomic E-state index is 8.64. The maximum atomic E-state index is 8.64. The Bertz CT molecular complexity index is 447. The van der Waals surface area contributed by atoms with E-state index in [0.717, 1.165) is 11.1 Å². The Balaban J connectivity index is 2.05. The highest BCUT2D eigenvalue weighted by molar-refractivity contribution is 5.49. The molecule has 0 aliphatic rings. The summed E-state index contributed by atoms with van der Waals surface area (Å²) in [6, 6.07) is 8.01. The van der Waals surface area contributed by atoms with Gasteiger partial charge in [0.2, 0.25) is 0 Å². The van der Waals surface area contributed by atoms with Crippen LogP contribution < -0.4 is 0 Å². The molecule has 82 valence electrons. The Hall–Kier alpha value is -2.01. The van der Waals surface area contributed by atoms with Crippen molar-refractivity contribution in [1.82, 2.24) is 20.2 Å². The van der Waals surface area contributed by atoms with Crippen molar-refractivity contribution >= 4 is 6.08 Å². The largest absolute Gasteiger partial charge is 0.392 e. The van der Waals surface area contributed by atoms with E-state index in [4.69, 9.17) is 5.11 Å². The van der Waals surface area contributed by atoms with Gasteiger partial charge in [-0.15, -0.1) is 5.10 Å². The van der Waals surface area contributed by atoms with Crippen LogP contribution >= 0.6 is 0 Å². The topological polar surface area (TPSA) is 63.8 Å². The predicted octanol–water partition coefficient (Wildman–Crippen LogP) is 0.727. The van der Waals surface area contributed by atoms with E-state index < -0.39 is 0 Å². The van der Waals surface area contributed by atoms with E-state index in [0.29, 0.717) is 6.54 Å². The molecule has 1 N–H and O–H groups in total. The number of aliphatic hydroxyl groups excluding tert-OH is 1. The van der Waals surface area contributed by atoms with Gasteiger partial charge in [-0.25, -0.2) is 4.68 Å². The Labute approximate surface area is 93.0 Å². The van der Waals surface area contributed by atoms with Gasteiger partial charge in [-0.3, -0.25) is 0 Å². The highest BCUT2D eigenvalue weighted by Crippen LogP contribution is 2.07. The minimum absolute atomic E-state index is 0.0619. The molecule has 1 aromatic heterocycles. The van der Waals surface area contributed by atoms with Crippen molar-refractivity contribution in [2.75, 3.05) is 6.61 Å². The maximum Gasteiger partial charge on any atom is 0.138 e. The number of tetrazole rings is 1. The molecule has 2 rings (SSSR count). The second-order valence-corrected chi connectivity index (χ2v) is 3.33. The van der Waals surface area contributed by atoms with Crippen molar-refractivity contribution in [2.24, 2.45) is 0 Å². The van der Waals surface area contributed by atoms with Crippen LogP contribution in [0.2, 0.25) is 0 Å².